The molecule has 1 amide bonds. The SMILES string of the molecule is O=C(OCc1ccccc1)N1C[C@H](Oc2cccc(C(F)(F)F)n2)[C@@H](O)[C@@H](O)C1. The summed E-state index contributed by atoms with van der Waals surface area (Å²) in [5, 5.41) is 20.2. The highest BCUT2D eigenvalue weighted by atomic mass is 19.4. The minimum atomic E-state index is -4.66. The van der Waals surface area contributed by atoms with Crippen LogP contribution in [0.15, 0.2) is 48.5 Å². The van der Waals surface area contributed by atoms with Crippen LogP contribution in [0.2, 0.25) is 0 Å². The van der Waals surface area contributed by atoms with E-state index in [4.69, 9.17) is 9.47 Å². The van der Waals surface area contributed by atoms with Crippen LogP contribution >= 0.6 is 0 Å². The Morgan fingerprint density at radius 3 is 2.52 bits per heavy atom. The molecule has 7 nitrogen and oxygen atoms in total. The van der Waals surface area contributed by atoms with E-state index in [-0.39, 0.29) is 25.6 Å². The maximum atomic E-state index is 12.8. The fraction of sp³-hybridized carbons (Fsp3) is 0.368. The van der Waals surface area contributed by atoms with Gasteiger partial charge in [-0.15, -0.1) is 0 Å². The average molecular weight is 412 g/mol. The molecule has 2 N–H and O–H groups in total. The summed E-state index contributed by atoms with van der Waals surface area (Å²) < 4.78 is 48.9. The lowest BCUT2D eigenvalue weighted by atomic mass is 10.0. The third-order valence-electron chi connectivity index (χ3n) is 4.33. The number of halogens is 3. The number of likely N-dealkylation sites (tertiary alicyclic amines) is 1. The van der Waals surface area contributed by atoms with Crippen molar-refractivity contribution in [1.82, 2.24) is 9.88 Å². The van der Waals surface area contributed by atoms with E-state index in [1.165, 1.54) is 6.07 Å². The molecule has 1 aromatic carbocycles. The molecule has 1 aliphatic heterocycles. The monoisotopic (exact) mass is 412 g/mol. The molecule has 0 unspecified atom stereocenters. The lowest BCUT2D eigenvalue weighted by Crippen LogP contribution is -2.58. The molecule has 0 spiro atoms. The molecule has 10 heteroatoms. The molecule has 2 heterocycles. The first-order chi connectivity index (χ1) is 13.7. The van der Waals surface area contributed by atoms with Gasteiger partial charge in [0, 0.05) is 6.07 Å². The van der Waals surface area contributed by atoms with Crippen molar-refractivity contribution in [3.05, 3.63) is 59.8 Å². The predicted molar refractivity (Wildman–Crippen MR) is 93.9 cm³/mol. The van der Waals surface area contributed by atoms with Crippen LogP contribution < -0.4 is 4.74 Å². The highest BCUT2D eigenvalue weighted by molar-refractivity contribution is 5.68. The van der Waals surface area contributed by atoms with Crippen LogP contribution in [0, 0.1) is 0 Å². The van der Waals surface area contributed by atoms with Crippen molar-refractivity contribution < 1.29 is 37.7 Å². The number of benzene rings is 1. The van der Waals surface area contributed by atoms with Gasteiger partial charge >= 0.3 is 12.3 Å². The van der Waals surface area contributed by atoms with Crippen molar-refractivity contribution in [2.45, 2.75) is 31.1 Å². The first kappa shape index (κ1) is 20.9. The van der Waals surface area contributed by atoms with Crippen LogP contribution in [0.5, 0.6) is 5.88 Å². The Balaban J connectivity index is 1.65. The fourth-order valence-electron chi connectivity index (χ4n) is 2.84. The van der Waals surface area contributed by atoms with Crippen LogP contribution in [0.3, 0.4) is 0 Å². The molecule has 2 aromatic rings. The maximum absolute atomic E-state index is 12.8. The van der Waals surface area contributed by atoms with E-state index in [1.807, 2.05) is 6.07 Å². The molecule has 1 saturated heterocycles. The Labute approximate surface area is 164 Å². The van der Waals surface area contributed by atoms with Crippen molar-refractivity contribution in [2.24, 2.45) is 0 Å². The number of piperidine rings is 1. The van der Waals surface area contributed by atoms with E-state index in [0.29, 0.717) is 0 Å². The van der Waals surface area contributed by atoms with E-state index >= 15 is 0 Å². The largest absolute Gasteiger partial charge is 0.470 e. The second kappa shape index (κ2) is 8.66. The van der Waals surface area contributed by atoms with Crippen LogP contribution in [-0.4, -0.2) is 57.6 Å². The summed E-state index contributed by atoms with van der Waals surface area (Å²) in [5.41, 5.74) is -0.389. The molecular formula is C19H19F3N2O5. The van der Waals surface area contributed by atoms with Gasteiger partial charge in [-0.2, -0.15) is 13.2 Å². The molecule has 156 valence electrons. The van der Waals surface area contributed by atoms with Crippen LogP contribution in [0.1, 0.15) is 11.3 Å². The standard InChI is InChI=1S/C19H19F3N2O5/c20-19(21,22)15-7-4-8-16(23-15)29-14-10-24(9-13(25)17(14)26)18(27)28-11-12-5-2-1-3-6-12/h1-8,13-14,17,25-26H,9-11H2/t13-,14-,17-/m0/s1. The van der Waals surface area contributed by atoms with Gasteiger partial charge in [-0.05, 0) is 11.6 Å². The van der Waals surface area contributed by atoms with Gasteiger partial charge < -0.3 is 24.6 Å². The zero-order chi connectivity index (χ0) is 21.0. The Hall–Kier alpha value is -2.85. The average Bonchev–Trinajstić information content (AvgIpc) is 2.70. The summed E-state index contributed by atoms with van der Waals surface area (Å²) in [6.07, 6.45) is -9.35. The van der Waals surface area contributed by atoms with Crippen LogP contribution in [-0.2, 0) is 17.5 Å². The number of ether oxygens (including phenoxy) is 2. The summed E-state index contributed by atoms with van der Waals surface area (Å²) in [6.45, 7) is -0.385. The van der Waals surface area contributed by atoms with Gasteiger partial charge in [-0.25, -0.2) is 9.78 Å². The van der Waals surface area contributed by atoms with Gasteiger partial charge in [-0.3, -0.25) is 0 Å². The molecule has 29 heavy (non-hydrogen) atoms. The number of aliphatic hydroxyl groups excluding tert-OH is 2. The summed E-state index contributed by atoms with van der Waals surface area (Å²) in [5.74, 6) is -0.379. The minimum Gasteiger partial charge on any atom is -0.470 e. The van der Waals surface area contributed by atoms with Crippen molar-refractivity contribution in [1.29, 1.82) is 0 Å². The molecule has 0 radical (unpaired) electrons. The van der Waals surface area contributed by atoms with E-state index in [1.54, 1.807) is 24.3 Å². The van der Waals surface area contributed by atoms with E-state index in [9.17, 15) is 28.2 Å². The minimum absolute atomic E-state index is 0.00945. The molecule has 1 aliphatic rings. The Morgan fingerprint density at radius 1 is 1.10 bits per heavy atom. The summed E-state index contributed by atoms with van der Waals surface area (Å²) >= 11 is 0. The fourth-order valence-corrected chi connectivity index (χ4v) is 2.84. The topological polar surface area (TPSA) is 92.1 Å². The Morgan fingerprint density at radius 2 is 1.83 bits per heavy atom. The third kappa shape index (κ3) is 5.36. The molecule has 3 atom stereocenters. The van der Waals surface area contributed by atoms with Gasteiger partial charge in [0.15, 0.2) is 0 Å². The number of alkyl halides is 3. The van der Waals surface area contributed by atoms with Crippen LogP contribution in [0.4, 0.5) is 18.0 Å². The van der Waals surface area contributed by atoms with E-state index in [2.05, 4.69) is 4.98 Å². The van der Waals surface area contributed by atoms with Crippen LogP contribution in [0.25, 0.3) is 0 Å². The van der Waals surface area contributed by atoms with Gasteiger partial charge in [-0.1, -0.05) is 36.4 Å². The zero-order valence-corrected chi connectivity index (χ0v) is 15.1. The number of aromatic nitrogens is 1. The summed E-state index contributed by atoms with van der Waals surface area (Å²) in [7, 11) is 0. The number of amides is 1. The van der Waals surface area contributed by atoms with Crippen molar-refractivity contribution in [3.63, 3.8) is 0 Å². The number of aliphatic hydroxyl groups is 2. The van der Waals surface area contributed by atoms with Gasteiger partial charge in [0.1, 0.15) is 30.6 Å². The number of β-amino-alcohol motifs (C(OH)–C–C–N with tert-alkyl or cyclic N) is 1. The molecule has 3 rings (SSSR count). The molecule has 0 bridgehead atoms. The number of carbonyl (C=O) groups excluding carboxylic acids is 1. The number of nitrogens with zero attached hydrogens (tertiary/aromatic N) is 2. The number of carbonyl (C=O) groups is 1. The van der Waals surface area contributed by atoms with Gasteiger partial charge in [0.05, 0.1) is 13.1 Å². The van der Waals surface area contributed by atoms with Crippen molar-refractivity contribution in [2.75, 3.05) is 13.1 Å². The molecular weight excluding hydrogens is 393 g/mol. The normalized spacial score (nSPS) is 22.2. The highest BCUT2D eigenvalue weighted by Gasteiger charge is 2.39. The van der Waals surface area contributed by atoms with E-state index in [0.717, 1.165) is 22.6 Å². The quantitative estimate of drug-likeness (QED) is 0.800. The predicted octanol–water partition coefficient (Wildman–Crippen LogP) is 2.22. The van der Waals surface area contributed by atoms with Gasteiger partial charge in [0.25, 0.3) is 0 Å². The summed E-state index contributed by atoms with van der Waals surface area (Å²) in [4.78, 5) is 16.8. The van der Waals surface area contributed by atoms with Gasteiger partial charge in [0.2, 0.25) is 5.88 Å². The first-order valence-corrected chi connectivity index (χ1v) is 8.76. The number of hydrogen-bond acceptors (Lipinski definition) is 6. The zero-order valence-electron chi connectivity index (χ0n) is 15.1. The Bertz CT molecular complexity index is 834. The molecule has 0 aliphatic carbocycles. The third-order valence-corrected chi connectivity index (χ3v) is 4.33. The lowest BCUT2D eigenvalue weighted by molar-refractivity contribution is -0.141. The highest BCUT2D eigenvalue weighted by Crippen LogP contribution is 2.29. The smallest absolute Gasteiger partial charge is 0.433 e. The van der Waals surface area contributed by atoms with E-state index < -0.39 is 36.3 Å². The number of hydrogen-bond donors (Lipinski definition) is 2. The molecule has 1 fully saturated rings. The van der Waals surface area contributed by atoms with Crippen molar-refractivity contribution >= 4 is 6.09 Å². The number of rotatable bonds is 4. The first-order valence-electron chi connectivity index (χ1n) is 8.76. The molecule has 0 saturated carbocycles. The second-order valence-electron chi connectivity index (χ2n) is 6.52. The maximum Gasteiger partial charge on any atom is 0.433 e. The lowest BCUT2D eigenvalue weighted by Gasteiger charge is -2.38. The second-order valence-corrected chi connectivity index (χ2v) is 6.52. The Kier molecular flexibility index (Phi) is 6.23. The van der Waals surface area contributed by atoms with Crippen molar-refractivity contribution in [3.8, 4) is 5.88 Å². The summed E-state index contributed by atoms with van der Waals surface area (Å²) in [6, 6.07) is 12.0. The number of pyridine rings is 1. The molecule has 1 aromatic heterocycles.